The monoisotopic (exact) mass is 540 g/mol. The van der Waals surface area contributed by atoms with E-state index in [1.54, 1.807) is 7.11 Å². The first kappa shape index (κ1) is 27.4. The molecule has 1 fully saturated rings. The fourth-order valence-corrected chi connectivity index (χ4v) is 5.68. The van der Waals surface area contributed by atoms with Crippen LogP contribution in [-0.2, 0) is 17.5 Å². The molecule has 1 saturated heterocycles. The summed E-state index contributed by atoms with van der Waals surface area (Å²) < 4.78 is 62.5. The molecule has 1 aromatic heterocycles. The Morgan fingerprint density at radius 3 is 2.46 bits per heavy atom. The number of methoxy groups -OCH3 is 1. The van der Waals surface area contributed by atoms with Crippen LogP contribution >= 0.6 is 11.8 Å². The number of nitrogens with one attached hydrogen (secondary N) is 1. The topological polar surface area (TPSA) is 79.6 Å². The van der Waals surface area contributed by atoms with Crippen LogP contribution in [0, 0.1) is 5.82 Å². The van der Waals surface area contributed by atoms with Crippen molar-refractivity contribution < 1.29 is 27.4 Å². The molecule has 2 aliphatic rings. The van der Waals surface area contributed by atoms with E-state index in [0.717, 1.165) is 18.2 Å². The van der Waals surface area contributed by atoms with Crippen molar-refractivity contribution in [1.82, 2.24) is 14.9 Å². The van der Waals surface area contributed by atoms with E-state index in [4.69, 9.17) is 5.11 Å². The minimum atomic E-state index is -4.64. The van der Waals surface area contributed by atoms with Crippen LogP contribution in [0.3, 0.4) is 0 Å². The number of aryl methyl sites for hydroxylation is 1. The van der Waals surface area contributed by atoms with Crippen LogP contribution in [0.4, 0.5) is 23.4 Å². The van der Waals surface area contributed by atoms with E-state index in [9.17, 15) is 22.4 Å². The highest BCUT2D eigenvalue weighted by molar-refractivity contribution is 7.99. The third kappa shape index (κ3) is 5.92. The maximum Gasteiger partial charge on any atom is 0.417 e. The number of nitrogens with zero attached hydrogens (tertiary/aromatic N) is 3. The molecule has 2 aromatic carbocycles. The molecule has 3 heterocycles. The molecule has 0 aliphatic carbocycles. The molecule has 12 heteroatoms. The Kier molecular flexibility index (Phi) is 8.73. The van der Waals surface area contributed by atoms with Crippen LogP contribution in [0.2, 0.25) is 0 Å². The lowest BCUT2D eigenvalue weighted by Gasteiger charge is -2.30. The van der Waals surface area contributed by atoms with Crippen molar-refractivity contribution in [3.05, 3.63) is 52.2 Å². The lowest BCUT2D eigenvalue weighted by molar-refractivity contribution is -0.137. The summed E-state index contributed by atoms with van der Waals surface area (Å²) in [4.78, 5) is 19.5. The van der Waals surface area contributed by atoms with Crippen LogP contribution in [-0.4, -0.2) is 66.9 Å². The highest BCUT2D eigenvalue weighted by Gasteiger charge is 2.37. The SMILES string of the molecule is COCCO.O=c1nc(N2CCNCC2)c2cc(C(F)(F)F)c(-c3ccc(F)cc3)c3c2n1CCCS3. The van der Waals surface area contributed by atoms with Gasteiger partial charge >= 0.3 is 11.9 Å². The molecule has 0 saturated carbocycles. The van der Waals surface area contributed by atoms with Gasteiger partial charge in [0.15, 0.2) is 0 Å². The summed E-state index contributed by atoms with van der Waals surface area (Å²) in [6, 6.07) is 6.13. The number of aromatic nitrogens is 2. The molecule has 0 unspecified atom stereocenters. The summed E-state index contributed by atoms with van der Waals surface area (Å²) in [5.41, 5.74) is -0.524. The van der Waals surface area contributed by atoms with E-state index in [0.29, 0.717) is 73.1 Å². The van der Waals surface area contributed by atoms with E-state index in [1.165, 1.54) is 28.5 Å². The highest BCUT2D eigenvalue weighted by atomic mass is 32.2. The van der Waals surface area contributed by atoms with Gasteiger partial charge in [0.25, 0.3) is 0 Å². The second-order valence-electron chi connectivity index (χ2n) is 8.55. The molecular weight excluding hydrogens is 512 g/mol. The van der Waals surface area contributed by atoms with Gasteiger partial charge in [-0.05, 0) is 35.9 Å². The van der Waals surface area contributed by atoms with Gasteiger partial charge in [-0.3, -0.25) is 4.57 Å². The molecule has 2 N–H and O–H groups in total. The number of rotatable bonds is 4. The average Bonchev–Trinajstić information content (AvgIpc) is 3.11. The smallest absolute Gasteiger partial charge is 0.394 e. The van der Waals surface area contributed by atoms with E-state index in [-0.39, 0.29) is 17.7 Å². The summed E-state index contributed by atoms with van der Waals surface area (Å²) in [5, 5.41) is 11.5. The number of alkyl halides is 3. The molecule has 5 rings (SSSR count). The molecule has 7 nitrogen and oxygen atoms in total. The molecule has 0 bridgehead atoms. The Bertz CT molecular complexity index is 1290. The van der Waals surface area contributed by atoms with E-state index >= 15 is 0 Å². The molecule has 37 heavy (non-hydrogen) atoms. The number of benzene rings is 2. The molecular formula is C25H28F4N4O3S. The minimum Gasteiger partial charge on any atom is -0.394 e. The van der Waals surface area contributed by atoms with Crippen molar-refractivity contribution in [2.24, 2.45) is 0 Å². The number of hydrogen-bond acceptors (Lipinski definition) is 7. The zero-order valence-corrected chi connectivity index (χ0v) is 21.1. The summed E-state index contributed by atoms with van der Waals surface area (Å²) in [6.07, 6.45) is -4.00. The zero-order chi connectivity index (χ0) is 26.6. The molecule has 2 aliphatic heterocycles. The van der Waals surface area contributed by atoms with Gasteiger partial charge in [0.2, 0.25) is 0 Å². The number of thioether (sulfide) groups is 1. The van der Waals surface area contributed by atoms with Gasteiger partial charge in [0.05, 0.1) is 24.3 Å². The molecule has 200 valence electrons. The average molecular weight is 541 g/mol. The van der Waals surface area contributed by atoms with Crippen molar-refractivity contribution in [2.45, 2.75) is 24.0 Å². The Morgan fingerprint density at radius 1 is 1.16 bits per heavy atom. The quantitative estimate of drug-likeness (QED) is 0.488. The second-order valence-corrected chi connectivity index (χ2v) is 9.66. The first-order valence-corrected chi connectivity index (χ1v) is 12.9. The maximum absolute atomic E-state index is 14.3. The van der Waals surface area contributed by atoms with Crippen molar-refractivity contribution in [1.29, 1.82) is 0 Å². The second kappa shape index (κ2) is 11.8. The molecule has 0 spiro atoms. The van der Waals surface area contributed by atoms with Crippen LogP contribution in [0.5, 0.6) is 0 Å². The number of anilines is 1. The van der Waals surface area contributed by atoms with Gasteiger partial charge in [0.1, 0.15) is 11.6 Å². The van der Waals surface area contributed by atoms with E-state index in [2.05, 4.69) is 15.0 Å². The lowest BCUT2D eigenvalue weighted by Crippen LogP contribution is -2.44. The van der Waals surface area contributed by atoms with Gasteiger partial charge in [-0.15, -0.1) is 11.8 Å². The fourth-order valence-electron chi connectivity index (χ4n) is 4.47. The lowest BCUT2D eigenvalue weighted by atomic mass is 9.96. The number of hydrogen-bond donors (Lipinski definition) is 2. The Labute approximate surface area is 215 Å². The van der Waals surface area contributed by atoms with Gasteiger partial charge in [-0.25, -0.2) is 9.18 Å². The van der Waals surface area contributed by atoms with Crippen LogP contribution < -0.4 is 15.9 Å². The number of halogens is 4. The summed E-state index contributed by atoms with van der Waals surface area (Å²) in [5.74, 6) is 0.334. The minimum absolute atomic E-state index is 0.0116. The van der Waals surface area contributed by atoms with Gasteiger partial charge < -0.3 is 20.1 Å². The molecule has 0 amide bonds. The van der Waals surface area contributed by atoms with Gasteiger partial charge in [-0.1, -0.05) is 12.1 Å². The number of aliphatic hydroxyl groups is 1. The van der Waals surface area contributed by atoms with Crippen molar-refractivity contribution in [3.8, 4) is 11.1 Å². The summed E-state index contributed by atoms with van der Waals surface area (Å²) in [6.45, 7) is 3.38. The maximum atomic E-state index is 14.3. The zero-order valence-electron chi connectivity index (χ0n) is 20.3. The van der Waals surface area contributed by atoms with Crippen molar-refractivity contribution in [2.75, 3.05) is 57.2 Å². The highest BCUT2D eigenvalue weighted by Crippen LogP contribution is 2.48. The third-order valence-corrected chi connectivity index (χ3v) is 7.30. The van der Waals surface area contributed by atoms with Crippen LogP contribution in [0.25, 0.3) is 22.0 Å². The predicted octanol–water partition coefficient (Wildman–Crippen LogP) is 3.75. The Morgan fingerprint density at radius 2 is 1.86 bits per heavy atom. The van der Waals surface area contributed by atoms with Crippen molar-refractivity contribution in [3.63, 3.8) is 0 Å². The Balaban J connectivity index is 0.000000586. The molecule has 0 atom stereocenters. The third-order valence-electron chi connectivity index (χ3n) is 6.12. The largest absolute Gasteiger partial charge is 0.417 e. The van der Waals surface area contributed by atoms with Gasteiger partial charge in [-0.2, -0.15) is 18.2 Å². The molecule has 3 aromatic rings. The summed E-state index contributed by atoms with van der Waals surface area (Å²) >= 11 is 1.31. The first-order chi connectivity index (χ1) is 17.8. The molecule has 0 radical (unpaired) electrons. The number of piperazine rings is 1. The van der Waals surface area contributed by atoms with Crippen molar-refractivity contribution >= 4 is 28.5 Å². The van der Waals surface area contributed by atoms with Crippen LogP contribution in [0.1, 0.15) is 12.0 Å². The van der Waals surface area contributed by atoms with E-state index < -0.39 is 23.2 Å². The fraction of sp³-hybridized carbons (Fsp3) is 0.440. The standard InChI is InChI=1S/C22H20F4N4OS.C3H8O2/c23-14-4-2-13(3-5-14)17-16(22(24,25)26)12-15-18-19(17)32-11-1-8-30(18)21(31)28-20(15)29-9-6-27-7-10-29;1-5-3-2-4/h2-5,12,27H,1,6-11H2;4H,2-3H2,1H3. The first-order valence-electron chi connectivity index (χ1n) is 11.9. The predicted molar refractivity (Wildman–Crippen MR) is 136 cm³/mol. The normalized spacial score (nSPS) is 15.8. The van der Waals surface area contributed by atoms with Crippen LogP contribution in [0.15, 0.2) is 40.0 Å². The summed E-state index contributed by atoms with van der Waals surface area (Å²) in [7, 11) is 1.55. The number of ether oxygens (including phenoxy) is 1. The Hall–Kier alpha value is -2.67. The number of aliphatic hydroxyl groups excluding tert-OH is 1. The van der Waals surface area contributed by atoms with E-state index in [1.807, 2.05) is 4.90 Å². The van der Waals surface area contributed by atoms with Gasteiger partial charge in [0, 0.05) is 55.7 Å².